The highest BCUT2D eigenvalue weighted by Crippen LogP contribution is 2.22. The SMILES string of the molecule is O=C(NCc1ccnc(OC(F)F)c1)N[C@H]1CC[C@H](OC(F)F)CC1. The van der Waals surface area contributed by atoms with Crippen LogP contribution in [0.2, 0.25) is 0 Å². The third-order valence-electron chi connectivity index (χ3n) is 3.77. The molecule has 1 saturated carbocycles. The van der Waals surface area contributed by atoms with Crippen molar-refractivity contribution in [3.8, 4) is 5.88 Å². The molecular weight excluding hydrogens is 346 g/mol. The monoisotopic (exact) mass is 365 g/mol. The second-order valence-corrected chi connectivity index (χ2v) is 5.58. The van der Waals surface area contributed by atoms with Gasteiger partial charge in [-0.3, -0.25) is 0 Å². The molecule has 0 spiro atoms. The van der Waals surface area contributed by atoms with E-state index in [-0.39, 0.29) is 18.5 Å². The van der Waals surface area contributed by atoms with E-state index in [1.165, 1.54) is 12.3 Å². The minimum Gasteiger partial charge on any atom is -0.417 e. The summed E-state index contributed by atoms with van der Waals surface area (Å²) in [6, 6.07) is 2.32. The Morgan fingerprint density at radius 2 is 1.92 bits per heavy atom. The zero-order valence-corrected chi connectivity index (χ0v) is 13.3. The van der Waals surface area contributed by atoms with Crippen LogP contribution < -0.4 is 15.4 Å². The number of rotatable bonds is 7. The Kier molecular flexibility index (Phi) is 7.23. The number of nitrogens with one attached hydrogen (secondary N) is 2. The third-order valence-corrected chi connectivity index (χ3v) is 3.77. The molecule has 2 rings (SSSR count). The molecule has 0 unspecified atom stereocenters. The van der Waals surface area contributed by atoms with Gasteiger partial charge in [-0.1, -0.05) is 0 Å². The molecule has 10 heteroatoms. The smallest absolute Gasteiger partial charge is 0.388 e. The molecule has 1 aliphatic rings. The van der Waals surface area contributed by atoms with Crippen molar-refractivity contribution in [2.75, 3.05) is 0 Å². The van der Waals surface area contributed by atoms with E-state index < -0.39 is 25.4 Å². The first kappa shape index (κ1) is 19.2. The van der Waals surface area contributed by atoms with Gasteiger partial charge in [0.2, 0.25) is 5.88 Å². The molecule has 0 aliphatic heterocycles. The summed E-state index contributed by atoms with van der Waals surface area (Å²) in [5.41, 5.74) is 0.551. The van der Waals surface area contributed by atoms with E-state index in [9.17, 15) is 22.4 Å². The fraction of sp³-hybridized carbons (Fsp3) is 0.600. The predicted molar refractivity (Wildman–Crippen MR) is 79.4 cm³/mol. The maximum atomic E-state index is 12.1. The first-order valence-electron chi connectivity index (χ1n) is 7.80. The van der Waals surface area contributed by atoms with Crippen LogP contribution in [0.4, 0.5) is 22.4 Å². The molecule has 6 nitrogen and oxygen atoms in total. The highest BCUT2D eigenvalue weighted by Gasteiger charge is 2.24. The van der Waals surface area contributed by atoms with Crippen LogP contribution in [0.1, 0.15) is 31.2 Å². The van der Waals surface area contributed by atoms with Gasteiger partial charge in [-0.25, -0.2) is 9.78 Å². The van der Waals surface area contributed by atoms with Gasteiger partial charge >= 0.3 is 19.3 Å². The Labute approximate surface area is 141 Å². The van der Waals surface area contributed by atoms with Gasteiger partial charge in [0.15, 0.2) is 0 Å². The Morgan fingerprint density at radius 3 is 2.56 bits per heavy atom. The first-order chi connectivity index (χ1) is 11.9. The summed E-state index contributed by atoms with van der Waals surface area (Å²) in [5.74, 6) is -0.230. The van der Waals surface area contributed by atoms with Crippen LogP contribution in [0.3, 0.4) is 0 Å². The van der Waals surface area contributed by atoms with Crippen molar-refractivity contribution in [2.24, 2.45) is 0 Å². The quantitative estimate of drug-likeness (QED) is 0.729. The lowest BCUT2D eigenvalue weighted by Gasteiger charge is -2.28. The number of carbonyl (C=O) groups excluding carboxylic acids is 1. The van der Waals surface area contributed by atoms with E-state index in [0.717, 1.165) is 0 Å². The van der Waals surface area contributed by atoms with Crippen molar-refractivity contribution >= 4 is 6.03 Å². The summed E-state index contributed by atoms with van der Waals surface area (Å²) in [6.45, 7) is -5.64. The number of alkyl halides is 4. The number of urea groups is 1. The molecule has 0 radical (unpaired) electrons. The summed E-state index contributed by atoms with van der Waals surface area (Å²) < 4.78 is 57.2. The van der Waals surface area contributed by atoms with Crippen LogP contribution in [0, 0.1) is 0 Å². The minimum atomic E-state index is -2.97. The predicted octanol–water partition coefficient (Wildman–Crippen LogP) is 3.03. The molecule has 2 N–H and O–H groups in total. The van der Waals surface area contributed by atoms with E-state index in [1.807, 2.05) is 0 Å². The maximum absolute atomic E-state index is 12.1. The molecule has 25 heavy (non-hydrogen) atoms. The number of halogens is 4. The molecule has 1 aliphatic carbocycles. The van der Waals surface area contributed by atoms with Crippen molar-refractivity contribution in [3.05, 3.63) is 23.9 Å². The molecule has 0 atom stereocenters. The van der Waals surface area contributed by atoms with Crippen LogP contribution in [0.5, 0.6) is 5.88 Å². The molecule has 1 aromatic heterocycles. The van der Waals surface area contributed by atoms with Crippen LogP contribution in [0.15, 0.2) is 18.3 Å². The van der Waals surface area contributed by atoms with E-state index >= 15 is 0 Å². The zero-order valence-electron chi connectivity index (χ0n) is 13.3. The summed E-state index contributed by atoms with van der Waals surface area (Å²) in [5, 5.41) is 5.35. The summed E-state index contributed by atoms with van der Waals surface area (Å²) >= 11 is 0. The number of ether oxygens (including phenoxy) is 2. The first-order valence-corrected chi connectivity index (χ1v) is 7.80. The lowest BCUT2D eigenvalue weighted by molar-refractivity contribution is -0.170. The number of aromatic nitrogens is 1. The van der Waals surface area contributed by atoms with Gasteiger partial charge in [-0.15, -0.1) is 0 Å². The van der Waals surface area contributed by atoms with Crippen LogP contribution >= 0.6 is 0 Å². The van der Waals surface area contributed by atoms with E-state index in [1.54, 1.807) is 6.07 Å². The largest absolute Gasteiger partial charge is 0.417 e. The van der Waals surface area contributed by atoms with Gasteiger partial charge in [0.25, 0.3) is 0 Å². The molecule has 0 bridgehead atoms. The molecule has 2 amide bonds. The Morgan fingerprint density at radius 1 is 1.20 bits per heavy atom. The second kappa shape index (κ2) is 9.40. The molecule has 1 aromatic rings. The average Bonchev–Trinajstić information content (AvgIpc) is 2.54. The van der Waals surface area contributed by atoms with Gasteiger partial charge in [-0.05, 0) is 37.3 Å². The van der Waals surface area contributed by atoms with E-state index in [0.29, 0.717) is 31.2 Å². The average molecular weight is 365 g/mol. The standard InChI is InChI=1S/C15H19F4N3O3/c16-13(17)24-11-3-1-10(2-4-11)22-15(23)21-8-9-5-6-20-12(7-9)25-14(18)19/h5-7,10-11,13-14H,1-4,8H2,(H2,21,22,23)/t10-,11-. The lowest BCUT2D eigenvalue weighted by atomic mass is 9.93. The third kappa shape index (κ3) is 7.12. The van der Waals surface area contributed by atoms with Crippen molar-refractivity contribution in [3.63, 3.8) is 0 Å². The van der Waals surface area contributed by atoms with Crippen LogP contribution in [-0.4, -0.2) is 36.4 Å². The second-order valence-electron chi connectivity index (χ2n) is 5.58. The highest BCUT2D eigenvalue weighted by molar-refractivity contribution is 5.74. The lowest BCUT2D eigenvalue weighted by Crippen LogP contribution is -2.44. The topological polar surface area (TPSA) is 72.5 Å². The maximum Gasteiger partial charge on any atom is 0.388 e. The van der Waals surface area contributed by atoms with E-state index in [2.05, 4.69) is 25.1 Å². The Hall–Kier alpha value is -2.10. The van der Waals surface area contributed by atoms with Crippen LogP contribution in [-0.2, 0) is 11.3 Å². The van der Waals surface area contributed by atoms with Crippen molar-refractivity contribution < 1.29 is 31.8 Å². The molecule has 0 saturated heterocycles. The molecular formula is C15H19F4N3O3. The zero-order chi connectivity index (χ0) is 18.2. The van der Waals surface area contributed by atoms with Gasteiger partial charge in [0.05, 0.1) is 6.10 Å². The van der Waals surface area contributed by atoms with Gasteiger partial charge in [0.1, 0.15) is 0 Å². The van der Waals surface area contributed by atoms with Gasteiger partial charge in [-0.2, -0.15) is 17.6 Å². The summed E-state index contributed by atoms with van der Waals surface area (Å²) in [4.78, 5) is 15.5. The number of nitrogens with zero attached hydrogens (tertiary/aromatic N) is 1. The Bertz CT molecular complexity index is 555. The normalized spacial score (nSPS) is 20.6. The fourth-order valence-electron chi connectivity index (χ4n) is 2.62. The number of pyridine rings is 1. The Balaban J connectivity index is 1.71. The molecule has 1 heterocycles. The molecule has 0 aromatic carbocycles. The number of amides is 2. The van der Waals surface area contributed by atoms with Gasteiger partial charge < -0.3 is 20.1 Å². The number of hydrogen-bond donors (Lipinski definition) is 2. The molecule has 1 fully saturated rings. The summed E-state index contributed by atoms with van der Waals surface area (Å²) in [7, 11) is 0. The van der Waals surface area contributed by atoms with Crippen LogP contribution in [0.25, 0.3) is 0 Å². The van der Waals surface area contributed by atoms with Crippen molar-refractivity contribution in [1.82, 2.24) is 15.6 Å². The highest BCUT2D eigenvalue weighted by atomic mass is 19.3. The molecule has 140 valence electrons. The van der Waals surface area contributed by atoms with Crippen molar-refractivity contribution in [1.29, 1.82) is 0 Å². The number of hydrogen-bond acceptors (Lipinski definition) is 4. The summed E-state index contributed by atoms with van der Waals surface area (Å²) in [6.07, 6.45) is 2.82. The van der Waals surface area contributed by atoms with Crippen molar-refractivity contribution in [2.45, 2.75) is 57.6 Å². The van der Waals surface area contributed by atoms with E-state index in [4.69, 9.17) is 0 Å². The number of carbonyl (C=O) groups is 1. The minimum absolute atomic E-state index is 0.109. The van der Waals surface area contributed by atoms with Gasteiger partial charge in [0, 0.05) is 24.8 Å². The fourth-order valence-corrected chi connectivity index (χ4v) is 2.62.